The number of amides is 2. The van der Waals surface area contributed by atoms with Crippen LogP contribution in [0, 0.1) is 23.2 Å². The Morgan fingerprint density at radius 1 is 0.970 bits per heavy atom. The normalized spacial score (nSPS) is 31.7. The fraction of sp³-hybridized carbons (Fsp3) is 0.704. The van der Waals surface area contributed by atoms with Crippen molar-refractivity contribution in [3.8, 4) is 5.75 Å². The van der Waals surface area contributed by atoms with Gasteiger partial charge in [-0.25, -0.2) is 0 Å². The Hall–Kier alpha value is -2.08. The summed E-state index contributed by atoms with van der Waals surface area (Å²) in [5.41, 5.74) is 0.941. The first-order chi connectivity index (χ1) is 16.0. The van der Waals surface area contributed by atoms with Crippen LogP contribution in [0.1, 0.15) is 63.4 Å². The van der Waals surface area contributed by atoms with E-state index in [9.17, 15) is 9.59 Å². The summed E-state index contributed by atoms with van der Waals surface area (Å²) >= 11 is 0. The van der Waals surface area contributed by atoms with Gasteiger partial charge in [0.25, 0.3) is 0 Å². The Morgan fingerprint density at radius 3 is 2.15 bits per heavy atom. The quantitative estimate of drug-likeness (QED) is 0.630. The number of rotatable bonds is 8. The Morgan fingerprint density at radius 2 is 1.58 bits per heavy atom. The molecule has 0 unspecified atom stereocenters. The van der Waals surface area contributed by atoms with E-state index in [4.69, 9.17) is 9.47 Å². The molecule has 2 N–H and O–H groups in total. The van der Waals surface area contributed by atoms with Gasteiger partial charge in [0.2, 0.25) is 11.8 Å². The summed E-state index contributed by atoms with van der Waals surface area (Å²) in [5.74, 6) is 3.28. The summed E-state index contributed by atoms with van der Waals surface area (Å²) in [6, 6.07) is 8.16. The van der Waals surface area contributed by atoms with Crippen LogP contribution in [0.2, 0.25) is 0 Å². The highest BCUT2D eigenvalue weighted by molar-refractivity contribution is 5.84. The second-order valence-corrected chi connectivity index (χ2v) is 11.1. The van der Waals surface area contributed by atoms with E-state index < -0.39 is 0 Å². The minimum Gasteiger partial charge on any atom is -0.497 e. The highest BCUT2D eigenvalue weighted by Crippen LogP contribution is 2.60. The summed E-state index contributed by atoms with van der Waals surface area (Å²) in [6.07, 6.45) is 9.25. The Labute approximate surface area is 197 Å². The largest absolute Gasteiger partial charge is 0.497 e. The third-order valence-corrected chi connectivity index (χ3v) is 8.93. The van der Waals surface area contributed by atoms with Gasteiger partial charge in [-0.1, -0.05) is 12.1 Å². The molecule has 6 rings (SSSR count). The number of carbonyl (C=O) groups excluding carboxylic acids is 2. The van der Waals surface area contributed by atoms with Gasteiger partial charge in [-0.2, -0.15) is 0 Å². The maximum Gasteiger partial charge on any atom is 0.226 e. The highest BCUT2D eigenvalue weighted by Gasteiger charge is 2.54. The third kappa shape index (κ3) is 4.64. The van der Waals surface area contributed by atoms with Crippen LogP contribution in [0.5, 0.6) is 5.75 Å². The van der Waals surface area contributed by atoms with Gasteiger partial charge in [0, 0.05) is 43.6 Å². The van der Waals surface area contributed by atoms with Crippen LogP contribution >= 0.6 is 0 Å². The summed E-state index contributed by atoms with van der Waals surface area (Å²) in [7, 11) is 1.67. The van der Waals surface area contributed by atoms with Crippen LogP contribution in [0.3, 0.4) is 0 Å². The third-order valence-electron chi connectivity index (χ3n) is 8.93. The SMILES string of the molecule is COc1ccc(C2(CNC(=O)CCNC(=O)C34CC5CC(CC(C5)C3)C4)CCOCC2)cc1. The van der Waals surface area contributed by atoms with Crippen molar-refractivity contribution in [2.24, 2.45) is 23.2 Å². The second kappa shape index (κ2) is 9.28. The van der Waals surface area contributed by atoms with Gasteiger partial charge in [0.1, 0.15) is 5.75 Å². The smallest absolute Gasteiger partial charge is 0.226 e. The number of ether oxygens (including phenoxy) is 2. The molecule has 1 aliphatic heterocycles. The summed E-state index contributed by atoms with van der Waals surface area (Å²) < 4.78 is 10.9. The number of carbonyl (C=O) groups is 2. The average Bonchev–Trinajstić information content (AvgIpc) is 2.82. The molecule has 1 aromatic carbocycles. The van der Waals surface area contributed by atoms with Gasteiger partial charge < -0.3 is 20.1 Å². The van der Waals surface area contributed by atoms with Crippen molar-refractivity contribution in [3.05, 3.63) is 29.8 Å². The molecule has 1 aromatic rings. The lowest BCUT2D eigenvalue weighted by Crippen LogP contribution is -2.54. The maximum absolute atomic E-state index is 13.1. The molecular formula is C27H38N2O4. The van der Waals surface area contributed by atoms with Crippen molar-refractivity contribution in [1.29, 1.82) is 0 Å². The number of methoxy groups -OCH3 is 1. The van der Waals surface area contributed by atoms with Crippen LogP contribution in [-0.2, 0) is 19.7 Å². The Kier molecular flexibility index (Phi) is 6.39. The molecule has 4 saturated carbocycles. The Balaban J connectivity index is 1.12. The molecule has 180 valence electrons. The lowest BCUT2D eigenvalue weighted by atomic mass is 9.49. The van der Waals surface area contributed by atoms with Crippen molar-refractivity contribution < 1.29 is 19.1 Å². The predicted molar refractivity (Wildman–Crippen MR) is 126 cm³/mol. The highest BCUT2D eigenvalue weighted by atomic mass is 16.5. The van der Waals surface area contributed by atoms with E-state index in [1.807, 2.05) is 12.1 Å². The molecule has 0 radical (unpaired) electrons. The van der Waals surface area contributed by atoms with Gasteiger partial charge in [-0.05, 0) is 86.8 Å². The lowest BCUT2D eigenvalue weighted by molar-refractivity contribution is -0.146. The molecule has 0 aromatic heterocycles. The molecule has 6 heteroatoms. The van der Waals surface area contributed by atoms with E-state index in [0.29, 0.717) is 32.7 Å². The molecule has 1 saturated heterocycles. The monoisotopic (exact) mass is 454 g/mol. The topological polar surface area (TPSA) is 76.7 Å². The van der Waals surface area contributed by atoms with E-state index in [1.54, 1.807) is 7.11 Å². The van der Waals surface area contributed by atoms with Gasteiger partial charge in [0.05, 0.1) is 7.11 Å². The molecule has 0 spiro atoms. The van der Waals surface area contributed by atoms with E-state index in [1.165, 1.54) is 24.8 Å². The number of benzene rings is 1. The lowest BCUT2D eigenvalue weighted by Gasteiger charge is -2.55. The molecule has 4 aliphatic carbocycles. The molecule has 0 atom stereocenters. The molecule has 1 heterocycles. The fourth-order valence-electron chi connectivity index (χ4n) is 7.50. The Bertz CT molecular complexity index is 824. The summed E-state index contributed by atoms with van der Waals surface area (Å²) in [4.78, 5) is 25.8. The first kappa shape index (κ1) is 22.7. The molecule has 2 amide bonds. The van der Waals surface area contributed by atoms with Crippen molar-refractivity contribution in [2.45, 2.75) is 63.2 Å². The molecular weight excluding hydrogens is 416 g/mol. The zero-order valence-corrected chi connectivity index (χ0v) is 19.9. The van der Waals surface area contributed by atoms with Gasteiger partial charge >= 0.3 is 0 Å². The maximum atomic E-state index is 13.1. The van der Waals surface area contributed by atoms with Crippen molar-refractivity contribution in [1.82, 2.24) is 10.6 Å². The van der Waals surface area contributed by atoms with E-state index in [-0.39, 0.29) is 22.6 Å². The zero-order valence-electron chi connectivity index (χ0n) is 19.9. The van der Waals surface area contributed by atoms with E-state index in [2.05, 4.69) is 22.8 Å². The second-order valence-electron chi connectivity index (χ2n) is 11.1. The fourth-order valence-corrected chi connectivity index (χ4v) is 7.50. The van der Waals surface area contributed by atoms with Crippen molar-refractivity contribution in [3.63, 3.8) is 0 Å². The molecule has 5 aliphatic rings. The predicted octanol–water partition coefficient (Wildman–Crippen LogP) is 3.58. The first-order valence-corrected chi connectivity index (χ1v) is 12.8. The van der Waals surface area contributed by atoms with Crippen LogP contribution < -0.4 is 15.4 Å². The summed E-state index contributed by atoms with van der Waals surface area (Å²) in [6.45, 7) is 2.40. The zero-order chi connectivity index (χ0) is 22.9. The molecule has 5 fully saturated rings. The van der Waals surface area contributed by atoms with Crippen molar-refractivity contribution >= 4 is 11.8 Å². The van der Waals surface area contributed by atoms with Crippen LogP contribution in [0.25, 0.3) is 0 Å². The van der Waals surface area contributed by atoms with Crippen LogP contribution in [-0.4, -0.2) is 45.2 Å². The molecule has 6 nitrogen and oxygen atoms in total. The van der Waals surface area contributed by atoms with Crippen molar-refractivity contribution in [2.75, 3.05) is 33.4 Å². The summed E-state index contributed by atoms with van der Waals surface area (Å²) in [5, 5.41) is 6.28. The van der Waals surface area contributed by atoms with E-state index >= 15 is 0 Å². The van der Waals surface area contributed by atoms with E-state index in [0.717, 1.165) is 55.6 Å². The number of hydrogen-bond donors (Lipinski definition) is 2. The minimum absolute atomic E-state index is 0.000176. The van der Waals surface area contributed by atoms with Gasteiger partial charge in [-0.15, -0.1) is 0 Å². The van der Waals surface area contributed by atoms with Gasteiger partial charge in [0.15, 0.2) is 0 Å². The average molecular weight is 455 g/mol. The van der Waals surface area contributed by atoms with Crippen LogP contribution in [0.4, 0.5) is 0 Å². The number of hydrogen-bond acceptors (Lipinski definition) is 4. The standard InChI is InChI=1S/C27H38N2O4/c1-32-23-4-2-22(3-5-23)26(7-10-33-11-8-26)18-29-24(30)6-9-28-25(31)27-15-19-12-20(16-27)14-21(13-19)17-27/h2-5,19-21H,6-18H2,1H3,(H,28,31)(H,29,30). The molecule has 33 heavy (non-hydrogen) atoms. The van der Waals surface area contributed by atoms with Gasteiger partial charge in [-0.3, -0.25) is 9.59 Å². The minimum atomic E-state index is -0.147. The van der Waals surface area contributed by atoms with Crippen LogP contribution in [0.15, 0.2) is 24.3 Å². The molecule has 4 bridgehead atoms. The first-order valence-electron chi connectivity index (χ1n) is 12.8. The number of nitrogens with one attached hydrogen (secondary N) is 2.